The zero-order valence-electron chi connectivity index (χ0n) is 13.3. The van der Waals surface area contributed by atoms with E-state index in [-0.39, 0.29) is 18.9 Å². The van der Waals surface area contributed by atoms with Crippen LogP contribution in [0.5, 0.6) is 0 Å². The second-order valence-corrected chi connectivity index (χ2v) is 5.73. The standard InChI is InChI=1S/C14H29.Li.H2O4S/c1-3-5-7-9-11-13-14-12-10-8-6-4-2;;1-5(2,3)4/h1,3-14H2,2H3;;(H2,1,2,3,4)/q-1;+1;. The molecule has 0 bridgehead atoms. The summed E-state index contributed by atoms with van der Waals surface area (Å²) in [6.45, 7) is 6.14. The van der Waals surface area contributed by atoms with E-state index in [0.29, 0.717) is 0 Å². The smallest absolute Gasteiger partial charge is 0.343 e. The van der Waals surface area contributed by atoms with Gasteiger partial charge in [-0.25, -0.2) is 0 Å². The molecule has 0 saturated carbocycles. The molecule has 0 unspecified atom stereocenters. The maximum atomic E-state index is 8.74. The third-order valence-electron chi connectivity index (χ3n) is 2.85. The maximum Gasteiger partial charge on any atom is 1.00 e. The van der Waals surface area contributed by atoms with E-state index in [1.807, 2.05) is 0 Å². The molecular formula is C14H31LiO4S. The Balaban J connectivity index is -0.000000414. The SMILES string of the molecule is O=S(=O)(O)O.[CH2-]CCCCCCCCCCCCC.[Li+]. The summed E-state index contributed by atoms with van der Waals surface area (Å²) >= 11 is 0. The van der Waals surface area contributed by atoms with Crippen LogP contribution in [-0.4, -0.2) is 17.5 Å². The van der Waals surface area contributed by atoms with Gasteiger partial charge in [0.05, 0.1) is 0 Å². The minimum atomic E-state index is -4.67. The third-order valence-corrected chi connectivity index (χ3v) is 2.85. The Morgan fingerprint density at radius 2 is 1.00 bits per heavy atom. The van der Waals surface area contributed by atoms with E-state index in [9.17, 15) is 0 Å². The molecule has 0 aliphatic heterocycles. The molecule has 6 heteroatoms. The second-order valence-electron chi connectivity index (χ2n) is 4.84. The summed E-state index contributed by atoms with van der Waals surface area (Å²) in [5, 5.41) is 0. The van der Waals surface area contributed by atoms with E-state index in [0.717, 1.165) is 6.42 Å². The molecule has 0 saturated heterocycles. The molecule has 0 rings (SSSR count). The van der Waals surface area contributed by atoms with Gasteiger partial charge in [-0.2, -0.15) is 14.8 Å². The van der Waals surface area contributed by atoms with E-state index in [1.165, 1.54) is 70.6 Å². The Morgan fingerprint density at radius 1 is 0.750 bits per heavy atom. The quantitative estimate of drug-likeness (QED) is 0.264. The van der Waals surface area contributed by atoms with Crippen molar-refractivity contribution in [1.82, 2.24) is 0 Å². The first-order valence-electron chi connectivity index (χ1n) is 7.41. The molecule has 20 heavy (non-hydrogen) atoms. The first-order chi connectivity index (χ1) is 8.91. The van der Waals surface area contributed by atoms with Crippen LogP contribution < -0.4 is 18.9 Å². The van der Waals surface area contributed by atoms with Gasteiger partial charge in [-0.3, -0.25) is 9.11 Å². The molecule has 0 spiro atoms. The molecule has 0 radical (unpaired) electrons. The third kappa shape index (κ3) is 42.8. The molecule has 2 N–H and O–H groups in total. The summed E-state index contributed by atoms with van der Waals surface area (Å²) in [6, 6.07) is 0. The summed E-state index contributed by atoms with van der Waals surface area (Å²) in [5.41, 5.74) is 0. The summed E-state index contributed by atoms with van der Waals surface area (Å²) in [6.07, 6.45) is 16.9. The van der Waals surface area contributed by atoms with Crippen LogP contribution in [0.4, 0.5) is 0 Å². The van der Waals surface area contributed by atoms with Crippen molar-refractivity contribution in [3.63, 3.8) is 0 Å². The van der Waals surface area contributed by atoms with Crippen molar-refractivity contribution >= 4 is 10.4 Å². The van der Waals surface area contributed by atoms with Crippen molar-refractivity contribution in [2.24, 2.45) is 0 Å². The molecule has 0 aliphatic rings. The average molecular weight is 302 g/mol. The molecule has 0 amide bonds. The Labute approximate surface area is 137 Å². The average Bonchev–Trinajstić information content (AvgIpc) is 2.29. The number of unbranched alkanes of at least 4 members (excludes halogenated alkanes) is 11. The minimum Gasteiger partial charge on any atom is -0.343 e. The monoisotopic (exact) mass is 302 g/mol. The van der Waals surface area contributed by atoms with Crippen LogP contribution >= 0.6 is 0 Å². The fraction of sp³-hybridized carbons (Fsp3) is 0.929. The summed E-state index contributed by atoms with van der Waals surface area (Å²) in [4.78, 5) is 0. The van der Waals surface area contributed by atoms with Gasteiger partial charge in [-0.15, -0.1) is 0 Å². The fourth-order valence-electron chi connectivity index (χ4n) is 1.84. The molecular weight excluding hydrogens is 271 g/mol. The van der Waals surface area contributed by atoms with Gasteiger partial charge >= 0.3 is 29.3 Å². The van der Waals surface area contributed by atoms with Crippen molar-refractivity contribution in [2.45, 2.75) is 84.0 Å². The Hall–Kier alpha value is 0.467. The predicted octanol–water partition coefficient (Wildman–Crippen LogP) is 1.87. The molecule has 4 nitrogen and oxygen atoms in total. The van der Waals surface area contributed by atoms with E-state index >= 15 is 0 Å². The van der Waals surface area contributed by atoms with Crippen molar-refractivity contribution in [1.29, 1.82) is 0 Å². The van der Waals surface area contributed by atoms with Crippen LogP contribution in [0.25, 0.3) is 0 Å². The van der Waals surface area contributed by atoms with Gasteiger partial charge in [0.15, 0.2) is 0 Å². The molecule has 118 valence electrons. The molecule has 0 aromatic heterocycles. The van der Waals surface area contributed by atoms with Gasteiger partial charge in [0.2, 0.25) is 0 Å². The van der Waals surface area contributed by atoms with Crippen LogP contribution in [-0.2, 0) is 10.4 Å². The van der Waals surface area contributed by atoms with Crippen LogP contribution in [0.1, 0.15) is 84.0 Å². The minimum absolute atomic E-state index is 0. The number of rotatable bonds is 11. The van der Waals surface area contributed by atoms with Crippen LogP contribution in [0, 0.1) is 6.92 Å². The molecule has 0 aromatic rings. The normalized spacial score (nSPS) is 10.4. The van der Waals surface area contributed by atoms with E-state index in [2.05, 4.69) is 13.8 Å². The zero-order chi connectivity index (χ0) is 15.0. The molecule has 0 aromatic carbocycles. The van der Waals surface area contributed by atoms with Gasteiger partial charge in [0, 0.05) is 0 Å². The van der Waals surface area contributed by atoms with Crippen molar-refractivity contribution < 1.29 is 36.4 Å². The largest absolute Gasteiger partial charge is 1.00 e. The van der Waals surface area contributed by atoms with E-state index in [4.69, 9.17) is 17.5 Å². The Kier molecular flexibility index (Phi) is 24.7. The molecule has 0 fully saturated rings. The Bertz CT molecular complexity index is 236. The molecule has 0 atom stereocenters. The number of hydrogen-bond donors (Lipinski definition) is 2. The summed E-state index contributed by atoms with van der Waals surface area (Å²) < 4.78 is 31.6. The van der Waals surface area contributed by atoms with Gasteiger partial charge in [0.1, 0.15) is 0 Å². The molecule has 0 aliphatic carbocycles. The first kappa shape index (κ1) is 25.4. The predicted molar refractivity (Wildman–Crippen MR) is 80.6 cm³/mol. The zero-order valence-corrected chi connectivity index (χ0v) is 14.1. The van der Waals surface area contributed by atoms with Crippen LogP contribution in [0.3, 0.4) is 0 Å². The summed E-state index contributed by atoms with van der Waals surface area (Å²) in [7, 11) is -4.67. The van der Waals surface area contributed by atoms with Gasteiger partial charge in [-0.05, 0) is 0 Å². The van der Waals surface area contributed by atoms with Crippen LogP contribution in [0.2, 0.25) is 0 Å². The number of hydrogen-bond acceptors (Lipinski definition) is 2. The second kappa shape index (κ2) is 19.5. The van der Waals surface area contributed by atoms with E-state index in [1.54, 1.807) is 0 Å². The van der Waals surface area contributed by atoms with Crippen molar-refractivity contribution in [2.75, 3.05) is 0 Å². The maximum absolute atomic E-state index is 8.74. The van der Waals surface area contributed by atoms with Gasteiger partial charge in [-0.1, -0.05) is 77.6 Å². The fourth-order valence-corrected chi connectivity index (χ4v) is 1.84. The van der Waals surface area contributed by atoms with Crippen LogP contribution in [0.15, 0.2) is 0 Å². The van der Waals surface area contributed by atoms with Gasteiger partial charge in [0.25, 0.3) is 0 Å². The van der Waals surface area contributed by atoms with Gasteiger partial charge < -0.3 is 6.92 Å². The van der Waals surface area contributed by atoms with E-state index < -0.39 is 10.4 Å². The van der Waals surface area contributed by atoms with Crippen molar-refractivity contribution in [3.05, 3.63) is 6.92 Å². The Morgan fingerprint density at radius 3 is 1.25 bits per heavy atom. The summed E-state index contributed by atoms with van der Waals surface area (Å²) in [5.74, 6) is 0. The topological polar surface area (TPSA) is 74.6 Å². The first-order valence-corrected chi connectivity index (χ1v) is 8.80. The van der Waals surface area contributed by atoms with Crippen molar-refractivity contribution in [3.8, 4) is 0 Å². The molecule has 0 heterocycles.